The molecule has 1 atom stereocenters. The summed E-state index contributed by atoms with van der Waals surface area (Å²) < 4.78 is 0. The van der Waals surface area contributed by atoms with Gasteiger partial charge in [-0.05, 0) is 129 Å². The van der Waals surface area contributed by atoms with E-state index in [-0.39, 0.29) is 0 Å². The lowest BCUT2D eigenvalue weighted by atomic mass is 9.68. The molecule has 0 aliphatic heterocycles. The second-order valence-electron chi connectivity index (χ2n) is 14.2. The average Bonchev–Trinajstić information content (AvgIpc) is 2.85. The Labute approximate surface area is 249 Å². The van der Waals surface area contributed by atoms with Crippen molar-refractivity contribution in [3.05, 3.63) is 93.7 Å². The summed E-state index contributed by atoms with van der Waals surface area (Å²) in [5.41, 5.74) is 11.2. The molecule has 0 saturated carbocycles. The van der Waals surface area contributed by atoms with Crippen molar-refractivity contribution in [3.8, 4) is 0 Å². The van der Waals surface area contributed by atoms with Gasteiger partial charge in [0.05, 0.1) is 0 Å². The van der Waals surface area contributed by atoms with E-state index in [1.54, 1.807) is 11.1 Å². The Morgan fingerprint density at radius 1 is 0.775 bits per heavy atom. The molecule has 2 aliphatic carbocycles. The first-order valence-corrected chi connectivity index (χ1v) is 16.2. The highest BCUT2D eigenvalue weighted by molar-refractivity contribution is 5.36. The Bertz CT molecular complexity index is 1070. The molecule has 40 heavy (non-hydrogen) atoms. The fourth-order valence-electron chi connectivity index (χ4n) is 6.51. The number of rotatable bonds is 13. The summed E-state index contributed by atoms with van der Waals surface area (Å²) in [4.78, 5) is 0. The van der Waals surface area contributed by atoms with Gasteiger partial charge in [-0.3, -0.25) is 0 Å². The van der Waals surface area contributed by atoms with Crippen molar-refractivity contribution in [1.29, 1.82) is 0 Å². The number of unbranched alkanes of at least 4 members (excludes halogenated alkanes) is 1. The first kappa shape index (κ1) is 34.1. The van der Waals surface area contributed by atoms with Crippen LogP contribution in [-0.4, -0.2) is 0 Å². The van der Waals surface area contributed by atoms with Crippen molar-refractivity contribution in [1.82, 2.24) is 0 Å². The van der Waals surface area contributed by atoms with E-state index < -0.39 is 0 Å². The first-order chi connectivity index (χ1) is 18.8. The number of hydrogen-bond donors (Lipinski definition) is 0. The van der Waals surface area contributed by atoms with Crippen LogP contribution in [0, 0.1) is 16.7 Å². The van der Waals surface area contributed by atoms with Crippen molar-refractivity contribution in [3.63, 3.8) is 0 Å². The molecule has 0 radical (unpaired) electrons. The quantitative estimate of drug-likeness (QED) is 0.123. The summed E-state index contributed by atoms with van der Waals surface area (Å²) in [6.07, 6.45) is 34.9. The maximum Gasteiger partial charge on any atom is 0.00285 e. The SMILES string of the molecule is CC1=CCCC(C)(C)[C@H]1/C=C\C(C)=C\CC/C(C)=C/CC/C=C(\C)CC/C=C(C)/C=C/C1=C(C)CCCC1(C)C. The van der Waals surface area contributed by atoms with Gasteiger partial charge < -0.3 is 0 Å². The summed E-state index contributed by atoms with van der Waals surface area (Å²) in [5, 5.41) is 0. The molecule has 0 heterocycles. The van der Waals surface area contributed by atoms with Gasteiger partial charge >= 0.3 is 0 Å². The molecule has 0 aromatic heterocycles. The molecular formula is C40H62. The van der Waals surface area contributed by atoms with E-state index in [0.717, 1.165) is 38.5 Å². The van der Waals surface area contributed by atoms with Crippen molar-refractivity contribution in [2.45, 2.75) is 140 Å². The van der Waals surface area contributed by atoms with Gasteiger partial charge in [-0.25, -0.2) is 0 Å². The minimum absolute atomic E-state index is 0.321. The molecule has 2 aliphatic rings. The molecule has 0 saturated heterocycles. The summed E-state index contributed by atoms with van der Waals surface area (Å²) in [5.74, 6) is 0.570. The molecule has 2 rings (SSSR count). The lowest BCUT2D eigenvalue weighted by Gasteiger charge is -2.36. The van der Waals surface area contributed by atoms with Crippen molar-refractivity contribution in [2.24, 2.45) is 16.7 Å². The topological polar surface area (TPSA) is 0 Å². The molecule has 222 valence electrons. The van der Waals surface area contributed by atoms with Crippen LogP contribution in [0.1, 0.15) is 140 Å². The molecule has 0 amide bonds. The molecule has 0 N–H and O–H groups in total. The smallest absolute Gasteiger partial charge is 0.00285 e. The van der Waals surface area contributed by atoms with E-state index in [9.17, 15) is 0 Å². The zero-order valence-electron chi connectivity index (χ0n) is 28.1. The summed E-state index contributed by atoms with van der Waals surface area (Å²) in [7, 11) is 0. The first-order valence-electron chi connectivity index (χ1n) is 16.2. The van der Waals surface area contributed by atoms with E-state index in [4.69, 9.17) is 0 Å². The monoisotopic (exact) mass is 542 g/mol. The normalized spacial score (nSPS) is 22.9. The van der Waals surface area contributed by atoms with Gasteiger partial charge in [-0.15, -0.1) is 0 Å². The molecule has 0 fully saturated rings. The highest BCUT2D eigenvalue weighted by Gasteiger charge is 2.30. The average molecular weight is 543 g/mol. The molecule has 0 unspecified atom stereocenters. The third-order valence-electron chi connectivity index (χ3n) is 9.36. The molecule has 0 nitrogen and oxygen atoms in total. The van der Waals surface area contributed by atoms with Gasteiger partial charge in [-0.2, -0.15) is 0 Å². The molecular weight excluding hydrogens is 480 g/mol. The summed E-state index contributed by atoms with van der Waals surface area (Å²) in [6, 6.07) is 0. The van der Waals surface area contributed by atoms with Crippen LogP contribution in [-0.2, 0) is 0 Å². The minimum atomic E-state index is 0.321. The zero-order chi connectivity index (χ0) is 29.8. The second-order valence-corrected chi connectivity index (χ2v) is 14.2. The largest absolute Gasteiger partial charge is 0.0853 e. The van der Waals surface area contributed by atoms with Crippen LogP contribution >= 0.6 is 0 Å². The van der Waals surface area contributed by atoms with Crippen LogP contribution in [0.2, 0.25) is 0 Å². The molecule has 0 aromatic carbocycles. The Balaban J connectivity index is 1.71. The van der Waals surface area contributed by atoms with Crippen molar-refractivity contribution >= 4 is 0 Å². The fraction of sp³-hybridized carbons (Fsp3) is 0.600. The lowest BCUT2D eigenvalue weighted by molar-refractivity contribution is 0.255. The van der Waals surface area contributed by atoms with Crippen LogP contribution in [0.4, 0.5) is 0 Å². The maximum atomic E-state index is 2.44. The zero-order valence-corrected chi connectivity index (χ0v) is 28.1. The number of hydrogen-bond acceptors (Lipinski definition) is 0. The van der Waals surface area contributed by atoms with Gasteiger partial charge in [0.1, 0.15) is 0 Å². The highest BCUT2D eigenvalue weighted by Crippen LogP contribution is 2.42. The summed E-state index contributed by atoms with van der Waals surface area (Å²) in [6.45, 7) is 23.3. The van der Waals surface area contributed by atoms with E-state index in [1.807, 2.05) is 0 Å². The highest BCUT2D eigenvalue weighted by atomic mass is 14.3. The van der Waals surface area contributed by atoms with Gasteiger partial charge in [0.15, 0.2) is 0 Å². The standard InChI is InChI=1S/C40H62/c1-31(19-13-21-33(3)25-27-37-35(5)23-15-29-39(37,7)8)17-11-12-18-32(2)20-14-22-34(4)26-28-38-36(6)24-16-30-40(38,9)10/h17-18,21-23,25-28,37H,11-16,19-20,24,29-30H2,1-10H3/b27-25-,28-26+,31-17+,32-18+,33-21+,34-22+/t37-/m0/s1. The van der Waals surface area contributed by atoms with E-state index in [0.29, 0.717) is 16.7 Å². The van der Waals surface area contributed by atoms with Crippen LogP contribution in [0.5, 0.6) is 0 Å². The van der Waals surface area contributed by atoms with E-state index >= 15 is 0 Å². The lowest BCUT2D eigenvalue weighted by Crippen LogP contribution is -2.26. The Morgan fingerprint density at radius 3 is 1.90 bits per heavy atom. The Kier molecular flexibility index (Phi) is 14.0. The third kappa shape index (κ3) is 11.8. The van der Waals surface area contributed by atoms with Gasteiger partial charge in [0, 0.05) is 5.92 Å². The number of allylic oxidation sites excluding steroid dienone is 16. The van der Waals surface area contributed by atoms with Crippen LogP contribution in [0.3, 0.4) is 0 Å². The van der Waals surface area contributed by atoms with Crippen LogP contribution in [0.25, 0.3) is 0 Å². The third-order valence-corrected chi connectivity index (χ3v) is 9.36. The Hall–Kier alpha value is -2.08. The summed E-state index contributed by atoms with van der Waals surface area (Å²) >= 11 is 0. The van der Waals surface area contributed by atoms with E-state index in [2.05, 4.69) is 124 Å². The van der Waals surface area contributed by atoms with Crippen molar-refractivity contribution < 1.29 is 0 Å². The molecule has 0 aromatic rings. The van der Waals surface area contributed by atoms with Crippen LogP contribution in [0.15, 0.2) is 93.7 Å². The fourth-order valence-corrected chi connectivity index (χ4v) is 6.51. The molecule has 0 heteroatoms. The van der Waals surface area contributed by atoms with Gasteiger partial charge in [-0.1, -0.05) is 116 Å². The molecule has 0 bridgehead atoms. The van der Waals surface area contributed by atoms with Crippen LogP contribution < -0.4 is 0 Å². The second kappa shape index (κ2) is 16.4. The predicted molar refractivity (Wildman–Crippen MR) is 182 cm³/mol. The maximum absolute atomic E-state index is 2.44. The minimum Gasteiger partial charge on any atom is -0.0853 e. The van der Waals surface area contributed by atoms with E-state index in [1.165, 1.54) is 60.0 Å². The molecule has 0 spiro atoms. The van der Waals surface area contributed by atoms with Gasteiger partial charge in [0.25, 0.3) is 0 Å². The van der Waals surface area contributed by atoms with Gasteiger partial charge in [0.2, 0.25) is 0 Å². The predicted octanol–water partition coefficient (Wildman–Crippen LogP) is 13.1. The van der Waals surface area contributed by atoms with Crippen molar-refractivity contribution in [2.75, 3.05) is 0 Å². The Morgan fingerprint density at radius 2 is 1.35 bits per heavy atom.